The van der Waals surface area contributed by atoms with Crippen LogP contribution >= 0.6 is 0 Å². The van der Waals surface area contributed by atoms with Crippen molar-refractivity contribution in [1.29, 1.82) is 0 Å². The Morgan fingerprint density at radius 3 is 2.71 bits per heavy atom. The van der Waals surface area contributed by atoms with Gasteiger partial charge in [-0.1, -0.05) is 24.4 Å². The van der Waals surface area contributed by atoms with Crippen LogP contribution in [0.15, 0.2) is 36.4 Å². The van der Waals surface area contributed by atoms with Gasteiger partial charge in [-0.25, -0.2) is 4.39 Å². The molecule has 0 aliphatic carbocycles. The molecule has 2 aromatic rings. The lowest BCUT2D eigenvalue weighted by Gasteiger charge is -2.11. The second-order valence-corrected chi connectivity index (χ2v) is 5.08. The molecule has 0 saturated carbocycles. The van der Waals surface area contributed by atoms with E-state index in [2.05, 4.69) is 0 Å². The number of ether oxygens (including phenoxy) is 2. The number of halogens is 1. The third-order valence-electron chi connectivity index (χ3n) is 3.31. The Bertz CT molecular complexity index is 746. The van der Waals surface area contributed by atoms with E-state index in [4.69, 9.17) is 9.47 Å². The molecule has 0 spiro atoms. The molecule has 0 saturated heterocycles. The van der Waals surface area contributed by atoms with Crippen LogP contribution in [0.1, 0.15) is 22.8 Å². The normalized spacial score (nSPS) is 10.1. The molecule has 6 heteroatoms. The summed E-state index contributed by atoms with van der Waals surface area (Å²) in [6.45, 7) is 3.83. The highest BCUT2D eigenvalue weighted by Gasteiger charge is 2.10. The SMILES string of the molecule is C[B]c1ccc(Oc2cc(F)cc(CC(=O)OCC)c2)c(C=O)c1. The van der Waals surface area contributed by atoms with Gasteiger partial charge in [-0.15, -0.1) is 0 Å². The summed E-state index contributed by atoms with van der Waals surface area (Å²) in [5.74, 6) is -0.433. The van der Waals surface area contributed by atoms with Crippen LogP contribution in [0.3, 0.4) is 0 Å². The highest BCUT2D eigenvalue weighted by molar-refractivity contribution is 6.52. The minimum Gasteiger partial charge on any atom is -0.466 e. The first-order valence-corrected chi connectivity index (χ1v) is 7.57. The summed E-state index contributed by atoms with van der Waals surface area (Å²) in [5.41, 5.74) is 1.68. The van der Waals surface area contributed by atoms with E-state index in [1.807, 2.05) is 14.1 Å². The Hall–Kier alpha value is -2.63. The molecule has 0 heterocycles. The third kappa shape index (κ3) is 4.68. The Morgan fingerprint density at radius 1 is 1.25 bits per heavy atom. The topological polar surface area (TPSA) is 52.6 Å². The molecule has 4 nitrogen and oxygen atoms in total. The van der Waals surface area contributed by atoms with Crippen LogP contribution in [-0.2, 0) is 16.0 Å². The second-order valence-electron chi connectivity index (χ2n) is 5.08. The number of carbonyl (C=O) groups excluding carboxylic acids is 2. The molecule has 0 N–H and O–H groups in total. The lowest BCUT2D eigenvalue weighted by molar-refractivity contribution is -0.142. The van der Waals surface area contributed by atoms with Gasteiger partial charge in [-0.3, -0.25) is 9.59 Å². The van der Waals surface area contributed by atoms with Crippen LogP contribution in [0.5, 0.6) is 11.5 Å². The lowest BCUT2D eigenvalue weighted by Crippen LogP contribution is -2.11. The second kappa shape index (κ2) is 8.29. The van der Waals surface area contributed by atoms with Gasteiger partial charge < -0.3 is 9.47 Å². The summed E-state index contributed by atoms with van der Waals surface area (Å²) in [5, 5.41) is 0. The van der Waals surface area contributed by atoms with E-state index in [-0.39, 0.29) is 18.8 Å². The van der Waals surface area contributed by atoms with Crippen molar-refractivity contribution in [3.63, 3.8) is 0 Å². The molecule has 0 fully saturated rings. The first kappa shape index (κ1) is 17.7. The van der Waals surface area contributed by atoms with Crippen molar-refractivity contribution in [3.05, 3.63) is 53.3 Å². The van der Waals surface area contributed by atoms with Crippen molar-refractivity contribution in [2.45, 2.75) is 20.2 Å². The van der Waals surface area contributed by atoms with Gasteiger partial charge in [0.2, 0.25) is 0 Å². The van der Waals surface area contributed by atoms with Gasteiger partial charge in [0.15, 0.2) is 6.29 Å². The van der Waals surface area contributed by atoms with Crippen LogP contribution < -0.4 is 10.2 Å². The molecule has 0 aliphatic rings. The molecule has 2 aromatic carbocycles. The summed E-state index contributed by atoms with van der Waals surface area (Å²) in [4.78, 5) is 22.7. The standard InChI is InChI=1S/C18H17BFO4/c1-3-23-18(22)8-12-6-15(20)10-16(7-12)24-17-5-4-14(19-2)9-13(17)11-21/h4-7,9-11H,3,8H2,1-2H3. The lowest BCUT2D eigenvalue weighted by atomic mass is 9.73. The number of hydrogen-bond acceptors (Lipinski definition) is 4. The van der Waals surface area contributed by atoms with E-state index in [0.29, 0.717) is 23.2 Å². The van der Waals surface area contributed by atoms with E-state index >= 15 is 0 Å². The van der Waals surface area contributed by atoms with Crippen molar-refractivity contribution in [1.82, 2.24) is 0 Å². The Labute approximate surface area is 140 Å². The van der Waals surface area contributed by atoms with Gasteiger partial charge in [-0.05, 0) is 30.7 Å². The summed E-state index contributed by atoms with van der Waals surface area (Å²) >= 11 is 0. The van der Waals surface area contributed by atoms with Crippen LogP contribution in [0.2, 0.25) is 6.82 Å². The van der Waals surface area contributed by atoms with E-state index in [0.717, 1.165) is 5.46 Å². The highest BCUT2D eigenvalue weighted by Crippen LogP contribution is 2.26. The van der Waals surface area contributed by atoms with Gasteiger partial charge in [0.05, 0.1) is 18.6 Å². The maximum atomic E-state index is 13.8. The van der Waals surface area contributed by atoms with Crippen molar-refractivity contribution in [2.24, 2.45) is 0 Å². The molecule has 123 valence electrons. The van der Waals surface area contributed by atoms with E-state index in [9.17, 15) is 14.0 Å². The molecule has 2 rings (SSSR count). The fraction of sp³-hybridized carbons (Fsp3) is 0.222. The number of carbonyl (C=O) groups is 2. The predicted octanol–water partition coefficient (Wildman–Crippen LogP) is 2.91. The van der Waals surface area contributed by atoms with Gasteiger partial charge in [0, 0.05) is 6.07 Å². The summed E-state index contributed by atoms with van der Waals surface area (Å²) in [6.07, 6.45) is 0.632. The zero-order valence-corrected chi connectivity index (χ0v) is 13.5. The third-order valence-corrected chi connectivity index (χ3v) is 3.31. The quantitative estimate of drug-likeness (QED) is 0.446. The molecule has 0 unspecified atom stereocenters. The maximum absolute atomic E-state index is 13.8. The fourth-order valence-corrected chi connectivity index (χ4v) is 2.22. The Morgan fingerprint density at radius 2 is 2.04 bits per heavy atom. The van der Waals surface area contributed by atoms with Crippen molar-refractivity contribution in [3.8, 4) is 11.5 Å². The molecular formula is C18H17BFO4. The Balaban J connectivity index is 2.25. The Kier molecular flexibility index (Phi) is 6.12. The smallest absolute Gasteiger partial charge is 0.310 e. The van der Waals surface area contributed by atoms with Crippen molar-refractivity contribution < 1.29 is 23.5 Å². The minimum absolute atomic E-state index is 0.0494. The molecule has 0 aliphatic heterocycles. The minimum atomic E-state index is -0.530. The van der Waals surface area contributed by atoms with E-state index in [1.165, 1.54) is 12.1 Å². The molecule has 0 atom stereocenters. The van der Waals surface area contributed by atoms with Gasteiger partial charge >= 0.3 is 5.97 Å². The van der Waals surface area contributed by atoms with Crippen LogP contribution in [0, 0.1) is 5.82 Å². The van der Waals surface area contributed by atoms with Crippen LogP contribution in [0.25, 0.3) is 0 Å². The summed E-state index contributed by atoms with van der Waals surface area (Å²) in [7, 11) is 1.86. The predicted molar refractivity (Wildman–Crippen MR) is 89.9 cm³/mol. The molecule has 1 radical (unpaired) electrons. The highest BCUT2D eigenvalue weighted by atomic mass is 19.1. The number of hydrogen-bond donors (Lipinski definition) is 0. The fourth-order valence-electron chi connectivity index (χ4n) is 2.22. The molecule has 0 aromatic heterocycles. The number of rotatable bonds is 7. The molecular weight excluding hydrogens is 310 g/mol. The van der Waals surface area contributed by atoms with E-state index in [1.54, 1.807) is 31.2 Å². The maximum Gasteiger partial charge on any atom is 0.310 e. The number of benzene rings is 2. The molecule has 24 heavy (non-hydrogen) atoms. The zero-order chi connectivity index (χ0) is 17.5. The first-order valence-electron chi connectivity index (χ1n) is 7.57. The van der Waals surface area contributed by atoms with Crippen molar-refractivity contribution >= 4 is 25.0 Å². The molecule has 0 amide bonds. The largest absolute Gasteiger partial charge is 0.466 e. The van der Waals surface area contributed by atoms with E-state index < -0.39 is 11.8 Å². The monoisotopic (exact) mass is 327 g/mol. The average Bonchev–Trinajstić information content (AvgIpc) is 2.54. The average molecular weight is 327 g/mol. The first-order chi connectivity index (χ1) is 11.5. The van der Waals surface area contributed by atoms with Gasteiger partial charge in [0.1, 0.15) is 24.6 Å². The van der Waals surface area contributed by atoms with Crippen molar-refractivity contribution in [2.75, 3.05) is 6.61 Å². The van der Waals surface area contributed by atoms with Crippen LogP contribution in [0.4, 0.5) is 4.39 Å². The number of esters is 1. The molecule has 0 bridgehead atoms. The summed E-state index contributed by atoms with van der Waals surface area (Å²) < 4.78 is 24.2. The van der Waals surface area contributed by atoms with Gasteiger partial charge in [0.25, 0.3) is 0 Å². The van der Waals surface area contributed by atoms with Crippen LogP contribution in [-0.4, -0.2) is 26.1 Å². The zero-order valence-electron chi connectivity index (χ0n) is 13.5. The van der Waals surface area contributed by atoms with Gasteiger partial charge in [-0.2, -0.15) is 0 Å². The number of aldehydes is 1. The summed E-state index contributed by atoms with van der Waals surface area (Å²) in [6, 6.07) is 9.12.